The van der Waals surface area contributed by atoms with Gasteiger partial charge in [0.15, 0.2) is 0 Å². The zero-order valence-electron chi connectivity index (χ0n) is 12.3. The summed E-state index contributed by atoms with van der Waals surface area (Å²) in [5.74, 6) is 4.06. The molecule has 0 bridgehead atoms. The van der Waals surface area contributed by atoms with Crippen LogP contribution in [0.15, 0.2) is 5.70 Å². The van der Waals surface area contributed by atoms with E-state index < -0.39 is 13.2 Å². The first-order valence-electron chi connectivity index (χ1n) is 6.23. The third-order valence-corrected chi connectivity index (χ3v) is 7.81. The first-order valence-corrected chi connectivity index (χ1v) is 9.02. The second-order valence-electron chi connectivity index (χ2n) is 4.23. The zero-order chi connectivity index (χ0) is 14.6. The molecule has 0 aromatic carbocycles. The molecule has 6 N–H and O–H groups in total. The molecule has 118 valence electrons. The van der Waals surface area contributed by atoms with E-state index in [4.69, 9.17) is 16.7 Å². The largest absolute Gasteiger partial charge is 1.00 e. The molecule has 19 heavy (non-hydrogen) atoms. The van der Waals surface area contributed by atoms with Crippen LogP contribution in [0.25, 0.3) is 0 Å². The molecule has 0 aliphatic rings. The van der Waals surface area contributed by atoms with E-state index >= 15 is 0 Å². The minimum Gasteiger partial charge on any atom is -0.578 e. The number of nitrogens with one attached hydrogen (secondary N) is 1. The van der Waals surface area contributed by atoms with Crippen LogP contribution in [0.3, 0.4) is 0 Å². The number of carboxylic acid groups (broad SMARTS) is 1. The number of rotatable bonds is 7. The molecule has 0 aliphatic carbocycles. The van der Waals surface area contributed by atoms with Gasteiger partial charge in [0.25, 0.3) is 0 Å². The van der Waals surface area contributed by atoms with Crippen molar-refractivity contribution < 1.29 is 32.3 Å². The third kappa shape index (κ3) is 14.2. The van der Waals surface area contributed by atoms with Crippen LogP contribution < -0.4 is 17.0 Å². The molecule has 0 unspecified atom stereocenters. The Morgan fingerprint density at radius 3 is 1.79 bits per heavy atom. The zero-order valence-corrected chi connectivity index (χ0v) is 15.4. The summed E-state index contributed by atoms with van der Waals surface area (Å²) >= 11 is 0. The average molecular weight is 474 g/mol. The van der Waals surface area contributed by atoms with Crippen molar-refractivity contribution in [3.63, 3.8) is 0 Å². The summed E-state index contributed by atoms with van der Waals surface area (Å²) in [7, 11) is -0.412. The quantitative estimate of drug-likeness (QED) is 0.112. The fraction of sp³-hybridized carbons (Fsp3) is 0.750. The first kappa shape index (κ1) is 24.0. The molecule has 0 aliphatic heterocycles. The molecule has 0 aromatic heterocycles. The van der Waals surface area contributed by atoms with E-state index in [9.17, 15) is 4.79 Å². The summed E-state index contributed by atoms with van der Waals surface area (Å²) in [5.41, 5.74) is 7.58. The predicted molar refractivity (Wildman–Crippen MR) is 79.6 cm³/mol. The molecule has 0 atom stereocenters. The van der Waals surface area contributed by atoms with Crippen molar-refractivity contribution in [1.82, 2.24) is 5.43 Å². The maximum atomic E-state index is 9.99. The molecular formula is C12H28AuN3O2P+. The van der Waals surface area contributed by atoms with Gasteiger partial charge in [0.05, 0.1) is 18.5 Å². The fourth-order valence-corrected chi connectivity index (χ4v) is 2.43. The maximum Gasteiger partial charge on any atom is 1.00 e. The van der Waals surface area contributed by atoms with E-state index in [1.165, 1.54) is 18.5 Å². The van der Waals surface area contributed by atoms with Gasteiger partial charge in [-0.05, 0) is 27.2 Å². The maximum absolute atomic E-state index is 9.99. The third-order valence-electron chi connectivity index (χ3n) is 3.23. The molecule has 5 nitrogen and oxygen atoms in total. The molecular weight excluding hydrogens is 446 g/mol. The Morgan fingerprint density at radius 2 is 1.63 bits per heavy atom. The van der Waals surface area contributed by atoms with Crippen molar-refractivity contribution in [2.75, 3.05) is 25.2 Å². The van der Waals surface area contributed by atoms with Gasteiger partial charge in [-0.15, -0.1) is 5.70 Å². The Labute approximate surface area is 133 Å². The normalized spacial score (nSPS) is 10.9. The van der Waals surface area contributed by atoms with Crippen LogP contribution in [-0.4, -0.2) is 36.2 Å². The van der Waals surface area contributed by atoms with Gasteiger partial charge >= 0.3 is 28.3 Å². The number of allylic oxidation sites excluding steroid dienone is 1. The van der Waals surface area contributed by atoms with Crippen LogP contribution in [-0.2, 0) is 27.2 Å². The van der Waals surface area contributed by atoms with E-state index in [-0.39, 0.29) is 35.2 Å². The van der Waals surface area contributed by atoms with E-state index in [0.29, 0.717) is 5.70 Å². The van der Waals surface area contributed by atoms with Gasteiger partial charge in [-0.1, -0.05) is 0 Å². The molecule has 0 radical (unpaired) electrons. The molecule has 0 saturated heterocycles. The average Bonchev–Trinajstić information content (AvgIpc) is 2.39. The second kappa shape index (κ2) is 14.4. The standard InChI is InChI=1S/C7H18P.C5H10N3O2.Au/c1-5-8(4,6-2)7-3;6-3-4(8-7)1-2-5(9)10;/h5-7H2,1-4H3;8H,1-2,6-7H2,(H,9,10);/q+1;-1;+1. The predicted octanol–water partition coefficient (Wildman–Crippen LogP) is 1.61. The fourth-order valence-electron chi connectivity index (χ4n) is 1.09. The van der Waals surface area contributed by atoms with Gasteiger partial charge in [-0.3, -0.25) is 10.6 Å². The molecule has 0 aromatic rings. The van der Waals surface area contributed by atoms with E-state index in [2.05, 4.69) is 39.1 Å². The Kier molecular flexibility index (Phi) is 18.1. The summed E-state index contributed by atoms with van der Waals surface area (Å²) in [5, 5.41) is 8.20. The summed E-state index contributed by atoms with van der Waals surface area (Å²) in [6.45, 7) is 9.43. The number of carboxylic acids is 1. The second-order valence-corrected chi connectivity index (χ2v) is 9.37. The van der Waals surface area contributed by atoms with Crippen molar-refractivity contribution in [1.29, 1.82) is 0 Å². The number of hydrogen-bond acceptors (Lipinski definition) is 4. The van der Waals surface area contributed by atoms with Crippen LogP contribution in [0.4, 0.5) is 0 Å². The summed E-state index contributed by atoms with van der Waals surface area (Å²) < 4.78 is 0. The van der Waals surface area contributed by atoms with Gasteiger partial charge in [0.1, 0.15) is 0 Å². The summed E-state index contributed by atoms with van der Waals surface area (Å²) in [4.78, 5) is 9.99. The molecule has 0 saturated carbocycles. The summed E-state index contributed by atoms with van der Waals surface area (Å²) in [6.07, 6.45) is 6.80. The molecule has 0 spiro atoms. The number of hydrazine groups is 1. The summed E-state index contributed by atoms with van der Waals surface area (Å²) in [6, 6.07) is 0. The number of hydrogen-bond donors (Lipinski definition) is 4. The molecule has 0 fully saturated rings. The van der Waals surface area contributed by atoms with Crippen LogP contribution >= 0.6 is 7.26 Å². The Balaban J connectivity index is -0.000000262. The van der Waals surface area contributed by atoms with Gasteiger partial charge < -0.3 is 22.5 Å². The van der Waals surface area contributed by atoms with Gasteiger partial charge in [0.2, 0.25) is 0 Å². The Hall–Kier alpha value is -0.0597. The minimum absolute atomic E-state index is 0. The van der Waals surface area contributed by atoms with Crippen molar-refractivity contribution in [3.8, 4) is 0 Å². The topological polar surface area (TPSA) is 101 Å². The Morgan fingerprint density at radius 1 is 1.21 bits per heavy atom. The molecule has 0 amide bonds. The SMILES string of the molecule is CC[P+](C)(CC)CC.N[C-]=C(CCC(=O)O)NN.[Au+]. The van der Waals surface area contributed by atoms with Crippen molar-refractivity contribution >= 4 is 13.2 Å². The van der Waals surface area contributed by atoms with Gasteiger partial charge in [-0.2, -0.15) is 0 Å². The Bertz CT molecular complexity index is 251. The first-order chi connectivity index (χ1) is 8.38. The van der Waals surface area contributed by atoms with Gasteiger partial charge in [-0.25, -0.2) is 0 Å². The van der Waals surface area contributed by atoms with E-state index in [0.717, 1.165) is 0 Å². The van der Waals surface area contributed by atoms with Crippen LogP contribution in [0.2, 0.25) is 0 Å². The molecule has 0 heterocycles. The van der Waals surface area contributed by atoms with Crippen LogP contribution in [0.5, 0.6) is 0 Å². The van der Waals surface area contributed by atoms with E-state index in [1.54, 1.807) is 0 Å². The molecule has 7 heteroatoms. The smallest absolute Gasteiger partial charge is 0.578 e. The van der Waals surface area contributed by atoms with Crippen molar-refractivity contribution in [3.05, 3.63) is 11.9 Å². The number of carbonyl (C=O) groups is 1. The van der Waals surface area contributed by atoms with Crippen LogP contribution in [0.1, 0.15) is 33.6 Å². The number of nitrogens with two attached hydrogens (primary N) is 2. The minimum atomic E-state index is -0.886. The van der Waals surface area contributed by atoms with Gasteiger partial charge in [0, 0.05) is 20.3 Å². The number of aliphatic carboxylic acids is 1. The van der Waals surface area contributed by atoms with Crippen molar-refractivity contribution in [2.45, 2.75) is 33.6 Å². The van der Waals surface area contributed by atoms with E-state index in [1.807, 2.05) is 0 Å². The molecule has 0 rings (SSSR count). The van der Waals surface area contributed by atoms with Crippen molar-refractivity contribution in [2.24, 2.45) is 11.6 Å². The van der Waals surface area contributed by atoms with Crippen LogP contribution in [0, 0.1) is 6.20 Å². The monoisotopic (exact) mass is 474 g/mol.